The van der Waals surface area contributed by atoms with E-state index in [0.717, 1.165) is 6.54 Å². The minimum absolute atomic E-state index is 0.269. The number of sulfone groups is 1. The number of likely N-dealkylation sites (tertiary alicyclic amines) is 1. The maximum absolute atomic E-state index is 11.4. The summed E-state index contributed by atoms with van der Waals surface area (Å²) in [7, 11) is -2.80. The van der Waals surface area contributed by atoms with Crippen LogP contribution in [-0.2, 0) is 9.84 Å². The summed E-state index contributed by atoms with van der Waals surface area (Å²) in [6.07, 6.45) is 2.48. The molecular weight excluding hydrogens is 210 g/mol. The van der Waals surface area contributed by atoms with Gasteiger partial charge in [0.05, 0.1) is 5.75 Å². The third kappa shape index (κ3) is 4.11. The largest absolute Gasteiger partial charge is 0.299 e. The highest BCUT2D eigenvalue weighted by Crippen LogP contribution is 2.20. The van der Waals surface area contributed by atoms with Crippen LogP contribution in [0.4, 0.5) is 0 Å². The fourth-order valence-corrected chi connectivity index (χ4v) is 2.89. The Morgan fingerprint density at radius 2 is 1.93 bits per heavy atom. The van der Waals surface area contributed by atoms with Gasteiger partial charge < -0.3 is 0 Å². The number of rotatable bonds is 4. The van der Waals surface area contributed by atoms with Crippen molar-refractivity contribution in [2.24, 2.45) is 5.92 Å². The van der Waals surface area contributed by atoms with Crippen molar-refractivity contribution in [1.29, 1.82) is 0 Å². The van der Waals surface area contributed by atoms with Crippen LogP contribution >= 0.6 is 0 Å². The van der Waals surface area contributed by atoms with Gasteiger partial charge in [0, 0.05) is 24.9 Å². The average molecular weight is 233 g/mol. The predicted molar refractivity (Wildman–Crippen MR) is 63.8 cm³/mol. The zero-order valence-electron chi connectivity index (χ0n) is 10.1. The topological polar surface area (TPSA) is 37.4 Å². The van der Waals surface area contributed by atoms with Crippen molar-refractivity contribution < 1.29 is 8.42 Å². The van der Waals surface area contributed by atoms with E-state index in [1.54, 1.807) is 6.92 Å². The summed E-state index contributed by atoms with van der Waals surface area (Å²) >= 11 is 0. The van der Waals surface area contributed by atoms with Crippen molar-refractivity contribution >= 4 is 9.84 Å². The number of piperidine rings is 1. The first-order chi connectivity index (χ1) is 6.94. The molecule has 0 amide bonds. The van der Waals surface area contributed by atoms with Gasteiger partial charge in [-0.05, 0) is 25.7 Å². The molecule has 0 saturated carbocycles. The Bertz CT molecular complexity index is 287. The zero-order chi connectivity index (χ0) is 11.5. The van der Waals surface area contributed by atoms with Crippen molar-refractivity contribution in [3.63, 3.8) is 0 Å². The lowest BCUT2D eigenvalue weighted by molar-refractivity contribution is 0.133. The van der Waals surface area contributed by atoms with Crippen LogP contribution in [0, 0.1) is 5.92 Å². The van der Waals surface area contributed by atoms with E-state index in [2.05, 4.69) is 18.7 Å². The van der Waals surface area contributed by atoms with E-state index >= 15 is 0 Å². The molecule has 1 aliphatic rings. The van der Waals surface area contributed by atoms with Crippen LogP contribution in [0.25, 0.3) is 0 Å². The van der Waals surface area contributed by atoms with E-state index in [9.17, 15) is 8.42 Å². The van der Waals surface area contributed by atoms with Crippen LogP contribution < -0.4 is 0 Å². The third-order valence-electron chi connectivity index (χ3n) is 3.38. The highest BCUT2D eigenvalue weighted by atomic mass is 32.2. The molecule has 1 fully saturated rings. The molecule has 3 nitrogen and oxygen atoms in total. The Balaban J connectivity index is 2.43. The van der Waals surface area contributed by atoms with Crippen LogP contribution in [0.3, 0.4) is 0 Å². The normalized spacial score (nSPS) is 29.3. The predicted octanol–water partition coefficient (Wildman–Crippen LogP) is 1.54. The van der Waals surface area contributed by atoms with Crippen LogP contribution in [-0.4, -0.2) is 44.0 Å². The van der Waals surface area contributed by atoms with Gasteiger partial charge in [0.2, 0.25) is 0 Å². The SMILES string of the molecule is CCS(=O)(=O)CCN1C[C@H](C)CC[C@@H]1C. The van der Waals surface area contributed by atoms with Crippen LogP contribution in [0.5, 0.6) is 0 Å². The van der Waals surface area contributed by atoms with Crippen molar-refractivity contribution in [3.05, 3.63) is 0 Å². The van der Waals surface area contributed by atoms with E-state index in [4.69, 9.17) is 0 Å². The van der Waals surface area contributed by atoms with Crippen molar-refractivity contribution in [3.8, 4) is 0 Å². The Kier molecular flexibility index (Phi) is 4.59. The minimum Gasteiger partial charge on any atom is -0.299 e. The summed E-state index contributed by atoms with van der Waals surface area (Å²) in [5, 5.41) is 0. The molecule has 0 bridgehead atoms. The highest BCUT2D eigenvalue weighted by molar-refractivity contribution is 7.91. The summed E-state index contributed by atoms with van der Waals surface area (Å²) in [5.41, 5.74) is 0. The van der Waals surface area contributed by atoms with E-state index in [-0.39, 0.29) is 5.75 Å². The smallest absolute Gasteiger partial charge is 0.151 e. The Hall–Kier alpha value is -0.0900. The maximum atomic E-state index is 11.4. The van der Waals surface area contributed by atoms with Gasteiger partial charge in [-0.2, -0.15) is 0 Å². The second-order valence-corrected chi connectivity index (χ2v) is 7.24. The standard InChI is InChI=1S/C11H23NO2S/c1-4-15(13,14)8-7-12-9-10(2)5-6-11(12)3/h10-11H,4-9H2,1-3H3/t10-,11+/m1/s1. The zero-order valence-corrected chi connectivity index (χ0v) is 10.9. The third-order valence-corrected chi connectivity index (χ3v) is 5.06. The Morgan fingerprint density at radius 1 is 1.27 bits per heavy atom. The van der Waals surface area contributed by atoms with Gasteiger partial charge in [-0.25, -0.2) is 8.42 Å². The van der Waals surface area contributed by atoms with E-state index < -0.39 is 9.84 Å². The molecular formula is C11H23NO2S. The number of hydrogen-bond donors (Lipinski definition) is 0. The van der Waals surface area contributed by atoms with Crippen LogP contribution in [0.2, 0.25) is 0 Å². The molecule has 1 saturated heterocycles. The Morgan fingerprint density at radius 3 is 2.53 bits per heavy atom. The molecule has 0 N–H and O–H groups in total. The molecule has 0 aromatic heterocycles. The second kappa shape index (κ2) is 5.30. The molecule has 90 valence electrons. The van der Waals surface area contributed by atoms with Crippen LogP contribution in [0.1, 0.15) is 33.6 Å². The molecule has 4 heteroatoms. The van der Waals surface area contributed by atoms with E-state index in [1.807, 2.05) is 0 Å². The summed E-state index contributed by atoms with van der Waals surface area (Å²) < 4.78 is 22.8. The first-order valence-corrected chi connectivity index (χ1v) is 7.71. The summed E-state index contributed by atoms with van der Waals surface area (Å²) in [5.74, 6) is 1.30. The van der Waals surface area contributed by atoms with E-state index in [1.165, 1.54) is 12.8 Å². The van der Waals surface area contributed by atoms with Crippen molar-refractivity contribution in [1.82, 2.24) is 4.90 Å². The van der Waals surface area contributed by atoms with Crippen molar-refractivity contribution in [2.45, 2.75) is 39.7 Å². The first kappa shape index (κ1) is 13.0. The summed E-state index contributed by atoms with van der Waals surface area (Å²) in [6.45, 7) is 7.93. The fourth-order valence-electron chi connectivity index (χ4n) is 2.09. The second-order valence-electron chi connectivity index (χ2n) is 4.76. The lowest BCUT2D eigenvalue weighted by Gasteiger charge is -2.36. The quantitative estimate of drug-likeness (QED) is 0.739. The fraction of sp³-hybridized carbons (Fsp3) is 1.00. The molecule has 0 radical (unpaired) electrons. The molecule has 0 unspecified atom stereocenters. The number of nitrogens with zero attached hydrogens (tertiary/aromatic N) is 1. The molecule has 1 rings (SSSR count). The van der Waals surface area contributed by atoms with Gasteiger partial charge in [0.25, 0.3) is 0 Å². The summed E-state index contributed by atoms with van der Waals surface area (Å²) in [6, 6.07) is 0.549. The summed E-state index contributed by atoms with van der Waals surface area (Å²) in [4.78, 5) is 2.32. The van der Waals surface area contributed by atoms with Gasteiger partial charge >= 0.3 is 0 Å². The molecule has 0 aromatic carbocycles. The van der Waals surface area contributed by atoms with Crippen LogP contribution in [0.15, 0.2) is 0 Å². The molecule has 0 aliphatic carbocycles. The van der Waals surface area contributed by atoms with Gasteiger partial charge in [-0.3, -0.25) is 4.90 Å². The molecule has 15 heavy (non-hydrogen) atoms. The number of hydrogen-bond acceptors (Lipinski definition) is 3. The monoisotopic (exact) mass is 233 g/mol. The van der Waals surface area contributed by atoms with Gasteiger partial charge in [0.1, 0.15) is 0 Å². The minimum atomic E-state index is -2.80. The molecule has 1 aliphatic heterocycles. The highest BCUT2D eigenvalue weighted by Gasteiger charge is 2.23. The molecule has 2 atom stereocenters. The average Bonchev–Trinajstić information content (AvgIpc) is 2.20. The maximum Gasteiger partial charge on any atom is 0.151 e. The lowest BCUT2D eigenvalue weighted by atomic mass is 9.95. The molecule has 0 spiro atoms. The van der Waals surface area contributed by atoms with Gasteiger partial charge in [-0.15, -0.1) is 0 Å². The lowest BCUT2D eigenvalue weighted by Crippen LogP contribution is -2.43. The molecule has 0 aromatic rings. The van der Waals surface area contributed by atoms with E-state index in [0.29, 0.717) is 24.3 Å². The van der Waals surface area contributed by atoms with Gasteiger partial charge in [0.15, 0.2) is 9.84 Å². The van der Waals surface area contributed by atoms with Gasteiger partial charge in [-0.1, -0.05) is 13.8 Å². The first-order valence-electron chi connectivity index (χ1n) is 5.89. The van der Waals surface area contributed by atoms with Crippen molar-refractivity contribution in [2.75, 3.05) is 24.6 Å². The molecule has 1 heterocycles. The Labute approximate surface area is 93.8 Å².